The predicted molar refractivity (Wildman–Crippen MR) is 527 cm³/mol. The Balaban J connectivity index is 0.000000144. The van der Waals surface area contributed by atoms with Gasteiger partial charge >= 0.3 is 0 Å². The first kappa shape index (κ1) is 72.9. The van der Waals surface area contributed by atoms with Crippen LogP contribution in [0.2, 0.25) is 0 Å². The molecule has 24 aromatic rings. The lowest BCUT2D eigenvalue weighted by atomic mass is 9.84. The lowest BCUT2D eigenvalue weighted by Crippen LogP contribution is -2.09. The Morgan fingerprint density at radius 3 is 1.02 bits per heavy atom. The van der Waals surface area contributed by atoms with Gasteiger partial charge in [-0.2, -0.15) is 0 Å². The number of nitrogens with zero attached hydrogens (tertiary/aromatic N) is 2. The second-order valence-electron chi connectivity index (χ2n) is 32.0. The molecule has 0 N–H and O–H groups in total. The van der Waals surface area contributed by atoms with Crippen molar-refractivity contribution in [3.63, 3.8) is 0 Å². The number of para-hydroxylation sites is 6. The number of thiophene rings is 2. The molecule has 1 unspecified atom stereocenters. The van der Waals surface area contributed by atoms with Crippen molar-refractivity contribution >= 4 is 173 Å². The monoisotopic (exact) mass is 1600 g/mol. The van der Waals surface area contributed by atoms with Gasteiger partial charge in [0.1, 0.15) is 11.2 Å². The molecule has 0 saturated heterocycles. The van der Waals surface area contributed by atoms with Crippen LogP contribution in [0.15, 0.2) is 465 Å². The molecule has 3 aromatic heterocycles. The van der Waals surface area contributed by atoms with Gasteiger partial charge in [-0.1, -0.05) is 364 Å². The summed E-state index contributed by atoms with van der Waals surface area (Å²) in [5, 5.41) is 20.4. The van der Waals surface area contributed by atoms with Gasteiger partial charge in [-0.25, -0.2) is 0 Å². The summed E-state index contributed by atoms with van der Waals surface area (Å²) in [5.41, 5.74) is 23.5. The maximum absolute atomic E-state index is 6.56. The first-order valence-corrected chi connectivity index (χ1v) is 43.9. The zero-order valence-electron chi connectivity index (χ0n) is 67.2. The van der Waals surface area contributed by atoms with Crippen LogP contribution in [0.1, 0.15) is 45.2 Å². The summed E-state index contributed by atoms with van der Waals surface area (Å²) in [5.74, 6) is 0.200. The molecule has 0 aliphatic carbocycles. The van der Waals surface area contributed by atoms with Crippen molar-refractivity contribution in [3.05, 3.63) is 494 Å². The molecule has 578 valence electrons. The summed E-state index contributed by atoms with van der Waals surface area (Å²) in [7, 11) is 0. The topological polar surface area (TPSA) is 19.6 Å². The molecule has 0 radical (unpaired) electrons. The van der Waals surface area contributed by atoms with Gasteiger partial charge in [0, 0.05) is 113 Å². The molecular formula is C118H78N2OS2. The Morgan fingerprint density at radius 1 is 0.195 bits per heavy atom. The lowest BCUT2D eigenvalue weighted by Gasteiger charge is -2.26. The van der Waals surface area contributed by atoms with Gasteiger partial charge in [-0.3, -0.25) is 0 Å². The van der Waals surface area contributed by atoms with E-state index in [1.807, 2.05) is 28.7 Å². The van der Waals surface area contributed by atoms with Gasteiger partial charge in [0.15, 0.2) is 0 Å². The van der Waals surface area contributed by atoms with Crippen molar-refractivity contribution in [2.75, 3.05) is 9.80 Å². The minimum Gasteiger partial charge on any atom is -0.456 e. The molecule has 24 rings (SSSR count). The van der Waals surface area contributed by atoms with Crippen molar-refractivity contribution in [1.82, 2.24) is 0 Å². The van der Waals surface area contributed by atoms with E-state index in [1.165, 1.54) is 161 Å². The SMILES string of the molecule is c1ccc(C(c2ccc(-c3ccc(-c4ccc5c(c4)sc4c6ccc(N(c7ccccc7)c7ccccc7)cc6c6ccccc6c54)cc3)cc2)c2cccc3c2oc2ccccc23)cc1.c1ccc(C(c2ccccc2)c2ccc3cc(-c4ccc5c(c4)sc4c6ccc(N(c7ccccc7)c7ccccc7)cc6c6ccccc6c54)ccc3c2)cc1. The molecule has 3 nitrogen and oxygen atoms in total. The number of fused-ring (bicyclic) bond motifs is 20. The van der Waals surface area contributed by atoms with Crippen molar-refractivity contribution in [1.29, 1.82) is 0 Å². The molecule has 0 fully saturated rings. The van der Waals surface area contributed by atoms with Crippen LogP contribution in [0.25, 0.3) is 150 Å². The number of rotatable bonds is 15. The molecule has 1 atom stereocenters. The molecule has 0 saturated carbocycles. The molecule has 0 spiro atoms. The van der Waals surface area contributed by atoms with E-state index in [1.54, 1.807) is 0 Å². The van der Waals surface area contributed by atoms with Crippen LogP contribution in [0.5, 0.6) is 0 Å². The zero-order chi connectivity index (χ0) is 81.3. The minimum absolute atomic E-state index is 0.0220. The maximum atomic E-state index is 6.56. The second kappa shape index (κ2) is 31.2. The summed E-state index contributed by atoms with van der Waals surface area (Å²) in [4.78, 5) is 4.70. The fourth-order valence-corrected chi connectivity index (χ4v) is 21.7. The first-order valence-electron chi connectivity index (χ1n) is 42.2. The molecule has 0 aliphatic heterocycles. The summed E-state index contributed by atoms with van der Waals surface area (Å²) < 4.78 is 11.8. The lowest BCUT2D eigenvalue weighted by molar-refractivity contribution is 0.661. The third-order valence-electron chi connectivity index (χ3n) is 24.9. The average Bonchev–Trinajstić information content (AvgIpc) is 1.59. The van der Waals surface area contributed by atoms with E-state index in [0.29, 0.717) is 0 Å². The van der Waals surface area contributed by atoms with Crippen molar-refractivity contribution in [3.8, 4) is 33.4 Å². The maximum Gasteiger partial charge on any atom is 0.139 e. The highest BCUT2D eigenvalue weighted by molar-refractivity contribution is 7.27. The first-order chi connectivity index (χ1) is 61.0. The Labute approximate surface area is 721 Å². The summed E-state index contributed by atoms with van der Waals surface area (Å²) in [6.07, 6.45) is 0. The van der Waals surface area contributed by atoms with E-state index in [4.69, 9.17) is 4.42 Å². The zero-order valence-corrected chi connectivity index (χ0v) is 68.8. The van der Waals surface area contributed by atoms with Crippen LogP contribution in [-0.4, -0.2) is 0 Å². The van der Waals surface area contributed by atoms with Gasteiger partial charge < -0.3 is 14.2 Å². The smallest absolute Gasteiger partial charge is 0.139 e. The Kier molecular flexibility index (Phi) is 18.5. The fourth-order valence-electron chi connectivity index (χ4n) is 19.1. The largest absolute Gasteiger partial charge is 0.456 e. The van der Waals surface area contributed by atoms with E-state index < -0.39 is 0 Å². The van der Waals surface area contributed by atoms with E-state index in [-0.39, 0.29) is 11.8 Å². The fraction of sp³-hybridized carbons (Fsp3) is 0.0169. The van der Waals surface area contributed by atoms with E-state index in [9.17, 15) is 0 Å². The van der Waals surface area contributed by atoms with Crippen molar-refractivity contribution in [2.45, 2.75) is 11.8 Å². The molecule has 21 aromatic carbocycles. The van der Waals surface area contributed by atoms with Crippen molar-refractivity contribution in [2.24, 2.45) is 0 Å². The van der Waals surface area contributed by atoms with Gasteiger partial charge in [-0.15, -0.1) is 22.7 Å². The molecule has 5 heteroatoms. The summed E-state index contributed by atoms with van der Waals surface area (Å²) in [6.45, 7) is 0. The van der Waals surface area contributed by atoms with Crippen LogP contribution in [0, 0.1) is 0 Å². The van der Waals surface area contributed by atoms with Gasteiger partial charge in [0.25, 0.3) is 0 Å². The second-order valence-corrected chi connectivity index (χ2v) is 34.1. The Hall–Kier alpha value is -15.2. The predicted octanol–water partition coefficient (Wildman–Crippen LogP) is 34.1. The van der Waals surface area contributed by atoms with Gasteiger partial charge in [0.2, 0.25) is 0 Å². The third kappa shape index (κ3) is 13.2. The molecule has 0 amide bonds. The molecule has 123 heavy (non-hydrogen) atoms. The Bertz CT molecular complexity index is 7980. The molecule has 0 bridgehead atoms. The van der Waals surface area contributed by atoms with Gasteiger partial charge in [0.05, 0.1) is 0 Å². The number of furan rings is 1. The van der Waals surface area contributed by atoms with Crippen LogP contribution in [0.4, 0.5) is 34.1 Å². The number of hydrogen-bond donors (Lipinski definition) is 0. The van der Waals surface area contributed by atoms with E-state index in [2.05, 4.69) is 465 Å². The number of benzene rings is 21. The number of hydrogen-bond acceptors (Lipinski definition) is 5. The summed E-state index contributed by atoms with van der Waals surface area (Å²) in [6, 6.07) is 168. The standard InChI is InChI=1S/C63H41NOS.C55H37NS/c1-4-15-44(16-5-1)60(56-25-14-24-53-51-22-12-13-26-58(51)65-62(53)56)45-33-31-42(32-34-45)41-27-29-43(30-28-41)46-35-37-55-59(39-46)66-63-54-38-36-49(40-57(54)50-21-10-11-23-52(50)61(55)63)64(47-17-6-2-7-18-47)48-19-8-3-9-20-48;1-5-15-37(16-6-1)53(38-17-7-2-8-18-38)43-28-27-39-33-40(25-26-41(39)34-43)42-29-31-50-52(35-42)57-55-49-32-30-46(36-51(49)47-23-13-14-24-48(47)54(50)55)56(44-19-9-3-10-20-44)45-21-11-4-12-22-45/h1-40,60H;1-36,53H. The molecular weight excluding hydrogens is 1530 g/mol. The highest BCUT2D eigenvalue weighted by Gasteiger charge is 2.26. The molecule has 3 heterocycles. The van der Waals surface area contributed by atoms with Crippen LogP contribution >= 0.6 is 22.7 Å². The quantitative estimate of drug-likeness (QED) is 0.0753. The van der Waals surface area contributed by atoms with Crippen LogP contribution in [-0.2, 0) is 0 Å². The van der Waals surface area contributed by atoms with Crippen LogP contribution in [0.3, 0.4) is 0 Å². The van der Waals surface area contributed by atoms with Crippen LogP contribution < -0.4 is 9.80 Å². The number of anilines is 6. The average molecular weight is 1600 g/mol. The molecule has 0 aliphatic rings. The minimum atomic E-state index is 0.0220. The van der Waals surface area contributed by atoms with E-state index in [0.717, 1.165) is 56.1 Å². The highest BCUT2D eigenvalue weighted by Crippen LogP contribution is 2.51. The normalized spacial score (nSPS) is 11.9. The summed E-state index contributed by atoms with van der Waals surface area (Å²) >= 11 is 3.82. The Morgan fingerprint density at radius 2 is 0.537 bits per heavy atom. The highest BCUT2D eigenvalue weighted by atomic mass is 32.1. The van der Waals surface area contributed by atoms with Gasteiger partial charge in [-0.05, 0) is 201 Å². The van der Waals surface area contributed by atoms with E-state index >= 15 is 0 Å². The van der Waals surface area contributed by atoms with Crippen molar-refractivity contribution < 1.29 is 4.42 Å². The third-order valence-corrected chi connectivity index (χ3v) is 27.3.